The van der Waals surface area contributed by atoms with Crippen LogP contribution in [0, 0.1) is 0 Å². The van der Waals surface area contributed by atoms with Crippen LogP contribution in [0.25, 0.3) is 0 Å². The number of anilines is 1. The molecule has 1 unspecified atom stereocenters. The third-order valence-corrected chi connectivity index (χ3v) is 4.25. The van der Waals surface area contributed by atoms with Crippen molar-refractivity contribution in [2.24, 2.45) is 5.73 Å². The lowest BCUT2D eigenvalue weighted by Gasteiger charge is -2.36. The average molecular weight is 310 g/mol. The number of piperidine rings is 1. The molecule has 1 aromatic heterocycles. The minimum Gasteiger partial charge on any atom is -0.370 e. The number of primary amides is 1. The second-order valence-electron chi connectivity index (χ2n) is 6.01. The first kappa shape index (κ1) is 15.5. The molecule has 2 N–H and O–H groups in total. The lowest BCUT2D eigenvalue weighted by molar-refractivity contribution is -0.118. The molecule has 3 rings (SSSR count). The largest absolute Gasteiger partial charge is 0.370 e. The number of carbonyl (C=O) groups is 1. The van der Waals surface area contributed by atoms with Gasteiger partial charge in [0.15, 0.2) is 0 Å². The fraction of sp³-hybridized carbons (Fsp3) is 0.389. The fourth-order valence-corrected chi connectivity index (χ4v) is 3.16. The molecule has 1 aliphatic rings. The Morgan fingerprint density at radius 3 is 2.83 bits per heavy atom. The standard InChI is InChI=1S/C18H22N4O/c19-16(23)13-15-8-4-5-11-22(15)18-9-10-20-17(21-18)12-14-6-2-1-3-7-14/h1-3,6-7,9-10,15H,4-5,8,11-13H2,(H2,19,23). The lowest BCUT2D eigenvalue weighted by Crippen LogP contribution is -2.42. The van der Waals surface area contributed by atoms with E-state index in [1.807, 2.05) is 24.3 Å². The summed E-state index contributed by atoms with van der Waals surface area (Å²) in [4.78, 5) is 22.6. The van der Waals surface area contributed by atoms with Crippen LogP contribution in [0.2, 0.25) is 0 Å². The van der Waals surface area contributed by atoms with Crippen molar-refractivity contribution < 1.29 is 4.79 Å². The summed E-state index contributed by atoms with van der Waals surface area (Å²) >= 11 is 0. The predicted molar refractivity (Wildman–Crippen MR) is 90.1 cm³/mol. The summed E-state index contributed by atoms with van der Waals surface area (Å²) in [5, 5.41) is 0. The molecule has 1 aromatic carbocycles. The molecule has 0 saturated carbocycles. The maximum atomic E-state index is 11.3. The Kier molecular flexibility index (Phi) is 4.86. The molecule has 23 heavy (non-hydrogen) atoms. The maximum Gasteiger partial charge on any atom is 0.219 e. The van der Waals surface area contributed by atoms with E-state index in [1.54, 1.807) is 6.20 Å². The van der Waals surface area contributed by atoms with Gasteiger partial charge in [-0.1, -0.05) is 30.3 Å². The molecule has 2 aromatic rings. The van der Waals surface area contributed by atoms with Crippen LogP contribution in [0.15, 0.2) is 42.6 Å². The van der Waals surface area contributed by atoms with E-state index in [0.29, 0.717) is 12.8 Å². The van der Waals surface area contributed by atoms with Crippen molar-refractivity contribution >= 4 is 11.7 Å². The van der Waals surface area contributed by atoms with Gasteiger partial charge in [0.1, 0.15) is 11.6 Å². The maximum absolute atomic E-state index is 11.3. The molecule has 1 amide bonds. The van der Waals surface area contributed by atoms with Gasteiger partial charge in [-0.2, -0.15) is 0 Å². The van der Waals surface area contributed by atoms with E-state index in [0.717, 1.165) is 37.4 Å². The van der Waals surface area contributed by atoms with Crippen molar-refractivity contribution in [3.63, 3.8) is 0 Å². The number of aromatic nitrogens is 2. The van der Waals surface area contributed by atoms with Gasteiger partial charge in [0.25, 0.3) is 0 Å². The molecule has 1 aliphatic heterocycles. The van der Waals surface area contributed by atoms with Gasteiger partial charge < -0.3 is 10.6 Å². The highest BCUT2D eigenvalue weighted by Gasteiger charge is 2.25. The number of nitrogens with two attached hydrogens (primary N) is 1. The summed E-state index contributed by atoms with van der Waals surface area (Å²) in [7, 11) is 0. The van der Waals surface area contributed by atoms with Crippen LogP contribution >= 0.6 is 0 Å². The highest BCUT2D eigenvalue weighted by molar-refractivity contribution is 5.75. The summed E-state index contributed by atoms with van der Waals surface area (Å²) in [6.07, 6.45) is 6.14. The number of benzene rings is 1. The first-order chi connectivity index (χ1) is 11.2. The SMILES string of the molecule is NC(=O)CC1CCCCN1c1ccnc(Cc2ccccc2)n1. The Bertz CT molecular complexity index is 659. The van der Waals surface area contributed by atoms with E-state index < -0.39 is 0 Å². The van der Waals surface area contributed by atoms with Gasteiger partial charge in [-0.05, 0) is 30.9 Å². The molecule has 0 spiro atoms. The number of nitrogens with zero attached hydrogens (tertiary/aromatic N) is 3. The van der Waals surface area contributed by atoms with Crippen LogP contribution < -0.4 is 10.6 Å². The minimum absolute atomic E-state index is 0.153. The highest BCUT2D eigenvalue weighted by Crippen LogP contribution is 2.25. The Morgan fingerprint density at radius 2 is 2.04 bits per heavy atom. The van der Waals surface area contributed by atoms with Crippen molar-refractivity contribution in [1.29, 1.82) is 0 Å². The molecule has 1 saturated heterocycles. The molecule has 0 bridgehead atoms. The van der Waals surface area contributed by atoms with Crippen LogP contribution in [0.1, 0.15) is 37.1 Å². The molecule has 120 valence electrons. The quantitative estimate of drug-likeness (QED) is 0.920. The summed E-state index contributed by atoms with van der Waals surface area (Å²) < 4.78 is 0. The summed E-state index contributed by atoms with van der Waals surface area (Å²) in [6, 6.07) is 12.3. The Hall–Kier alpha value is -2.43. The monoisotopic (exact) mass is 310 g/mol. The molecular weight excluding hydrogens is 288 g/mol. The second kappa shape index (κ2) is 7.22. The van der Waals surface area contributed by atoms with Crippen LogP contribution in [-0.4, -0.2) is 28.5 Å². The first-order valence-electron chi connectivity index (χ1n) is 8.13. The van der Waals surface area contributed by atoms with Crippen molar-refractivity contribution in [2.75, 3.05) is 11.4 Å². The Labute approximate surface area is 136 Å². The molecular formula is C18H22N4O. The fourth-order valence-electron chi connectivity index (χ4n) is 3.16. The van der Waals surface area contributed by atoms with Crippen molar-refractivity contribution in [3.8, 4) is 0 Å². The van der Waals surface area contributed by atoms with Gasteiger partial charge in [0.2, 0.25) is 5.91 Å². The molecule has 2 heterocycles. The van der Waals surface area contributed by atoms with Crippen LogP contribution in [0.5, 0.6) is 0 Å². The van der Waals surface area contributed by atoms with Crippen molar-refractivity contribution in [3.05, 3.63) is 54.0 Å². The van der Waals surface area contributed by atoms with E-state index >= 15 is 0 Å². The van der Waals surface area contributed by atoms with Gasteiger partial charge in [-0.15, -0.1) is 0 Å². The van der Waals surface area contributed by atoms with Crippen molar-refractivity contribution in [2.45, 2.75) is 38.1 Å². The predicted octanol–water partition coefficient (Wildman–Crippen LogP) is 2.30. The lowest BCUT2D eigenvalue weighted by atomic mass is 9.99. The van der Waals surface area contributed by atoms with Crippen LogP contribution in [-0.2, 0) is 11.2 Å². The highest BCUT2D eigenvalue weighted by atomic mass is 16.1. The summed E-state index contributed by atoms with van der Waals surface area (Å²) in [5.74, 6) is 1.45. The van der Waals surface area contributed by atoms with E-state index in [2.05, 4.69) is 22.0 Å². The van der Waals surface area contributed by atoms with Gasteiger partial charge in [0, 0.05) is 31.6 Å². The number of rotatable bonds is 5. The van der Waals surface area contributed by atoms with Gasteiger partial charge in [-0.25, -0.2) is 9.97 Å². The third kappa shape index (κ3) is 4.06. The number of amides is 1. The van der Waals surface area contributed by atoms with Crippen LogP contribution in [0.4, 0.5) is 5.82 Å². The third-order valence-electron chi connectivity index (χ3n) is 4.25. The van der Waals surface area contributed by atoms with Gasteiger partial charge >= 0.3 is 0 Å². The van der Waals surface area contributed by atoms with Gasteiger partial charge in [-0.3, -0.25) is 4.79 Å². The second-order valence-corrected chi connectivity index (χ2v) is 6.01. The number of hydrogen-bond donors (Lipinski definition) is 1. The smallest absolute Gasteiger partial charge is 0.219 e. The summed E-state index contributed by atoms with van der Waals surface area (Å²) in [6.45, 7) is 0.916. The van der Waals surface area contributed by atoms with E-state index in [4.69, 9.17) is 10.7 Å². The zero-order valence-electron chi connectivity index (χ0n) is 13.2. The number of hydrogen-bond acceptors (Lipinski definition) is 4. The minimum atomic E-state index is -0.250. The molecule has 5 heteroatoms. The van der Waals surface area contributed by atoms with Crippen LogP contribution in [0.3, 0.4) is 0 Å². The zero-order valence-corrected chi connectivity index (χ0v) is 13.2. The van der Waals surface area contributed by atoms with E-state index in [-0.39, 0.29) is 11.9 Å². The van der Waals surface area contributed by atoms with E-state index in [9.17, 15) is 4.79 Å². The number of carbonyl (C=O) groups excluding carboxylic acids is 1. The topological polar surface area (TPSA) is 72.1 Å². The Morgan fingerprint density at radius 1 is 1.22 bits per heavy atom. The zero-order chi connectivity index (χ0) is 16.1. The van der Waals surface area contributed by atoms with Gasteiger partial charge in [0.05, 0.1) is 0 Å². The van der Waals surface area contributed by atoms with E-state index in [1.165, 1.54) is 5.56 Å². The molecule has 1 fully saturated rings. The molecule has 0 aliphatic carbocycles. The molecule has 5 nitrogen and oxygen atoms in total. The Balaban J connectivity index is 1.79. The summed E-state index contributed by atoms with van der Waals surface area (Å²) in [5.41, 5.74) is 6.59. The first-order valence-corrected chi connectivity index (χ1v) is 8.13. The molecule has 1 atom stereocenters. The normalized spacial score (nSPS) is 17.9. The molecule has 0 radical (unpaired) electrons. The van der Waals surface area contributed by atoms with Crippen molar-refractivity contribution in [1.82, 2.24) is 9.97 Å². The average Bonchev–Trinajstić information content (AvgIpc) is 2.56.